The molecule has 0 aliphatic carbocycles. The SMILES string of the molecule is Cc1ccc(NC(=O)NC(=O)CN2CCC(N)C(C)(C)C2)c(C)c1. The number of rotatable bonds is 3. The molecule has 3 amide bonds. The van der Waals surface area contributed by atoms with Crippen LogP contribution in [0.2, 0.25) is 0 Å². The molecule has 1 fully saturated rings. The number of nitrogens with two attached hydrogens (primary N) is 1. The highest BCUT2D eigenvalue weighted by Gasteiger charge is 2.34. The van der Waals surface area contributed by atoms with E-state index in [-0.39, 0.29) is 23.9 Å². The van der Waals surface area contributed by atoms with E-state index in [1.54, 1.807) is 0 Å². The minimum atomic E-state index is -0.500. The molecule has 1 heterocycles. The third kappa shape index (κ3) is 4.79. The van der Waals surface area contributed by atoms with Gasteiger partial charge >= 0.3 is 6.03 Å². The smallest absolute Gasteiger partial charge is 0.325 e. The van der Waals surface area contributed by atoms with Crippen molar-refractivity contribution in [2.75, 3.05) is 25.0 Å². The first kappa shape index (κ1) is 18.4. The topological polar surface area (TPSA) is 87.5 Å². The highest BCUT2D eigenvalue weighted by molar-refractivity contribution is 6.02. The molecule has 1 unspecified atom stereocenters. The molecule has 1 aliphatic rings. The zero-order chi connectivity index (χ0) is 17.9. The molecule has 1 atom stereocenters. The molecule has 2 rings (SSSR count). The number of hydrogen-bond acceptors (Lipinski definition) is 4. The van der Waals surface area contributed by atoms with Gasteiger partial charge in [-0.25, -0.2) is 4.79 Å². The van der Waals surface area contributed by atoms with Crippen LogP contribution >= 0.6 is 0 Å². The van der Waals surface area contributed by atoms with Gasteiger partial charge in [0, 0.05) is 24.8 Å². The number of benzene rings is 1. The fourth-order valence-electron chi connectivity index (χ4n) is 3.10. The van der Waals surface area contributed by atoms with E-state index < -0.39 is 6.03 Å². The lowest BCUT2D eigenvalue weighted by Gasteiger charge is -2.42. The van der Waals surface area contributed by atoms with Crippen molar-refractivity contribution in [1.29, 1.82) is 0 Å². The molecule has 24 heavy (non-hydrogen) atoms. The average molecular weight is 332 g/mol. The summed E-state index contributed by atoms with van der Waals surface area (Å²) in [5.74, 6) is -0.302. The molecule has 0 saturated carbocycles. The van der Waals surface area contributed by atoms with Gasteiger partial charge in [-0.1, -0.05) is 31.5 Å². The molecule has 4 N–H and O–H groups in total. The summed E-state index contributed by atoms with van der Waals surface area (Å²) < 4.78 is 0. The predicted octanol–water partition coefficient (Wildman–Crippen LogP) is 2.01. The van der Waals surface area contributed by atoms with Crippen molar-refractivity contribution in [1.82, 2.24) is 10.2 Å². The lowest BCUT2D eigenvalue weighted by Crippen LogP contribution is -2.54. The van der Waals surface area contributed by atoms with Crippen molar-refractivity contribution >= 4 is 17.6 Å². The summed E-state index contributed by atoms with van der Waals surface area (Å²) >= 11 is 0. The largest absolute Gasteiger partial charge is 0.327 e. The monoisotopic (exact) mass is 332 g/mol. The summed E-state index contributed by atoms with van der Waals surface area (Å²) in [6, 6.07) is 5.38. The maximum absolute atomic E-state index is 12.1. The Hall–Kier alpha value is -1.92. The van der Waals surface area contributed by atoms with E-state index in [0.717, 1.165) is 30.6 Å². The Morgan fingerprint density at radius 3 is 2.67 bits per heavy atom. The summed E-state index contributed by atoms with van der Waals surface area (Å²) in [6.45, 7) is 9.85. The van der Waals surface area contributed by atoms with Crippen molar-refractivity contribution < 1.29 is 9.59 Å². The standard InChI is InChI=1S/C18H28N4O2/c1-12-5-6-14(13(2)9-12)20-17(24)21-16(23)10-22-8-7-15(19)18(3,4)11-22/h5-6,9,15H,7-8,10-11,19H2,1-4H3,(H2,20,21,23,24). The van der Waals surface area contributed by atoms with E-state index in [0.29, 0.717) is 5.69 Å². The lowest BCUT2D eigenvalue weighted by molar-refractivity contribution is -0.121. The lowest BCUT2D eigenvalue weighted by atomic mass is 9.80. The van der Waals surface area contributed by atoms with Gasteiger partial charge in [0.05, 0.1) is 6.54 Å². The highest BCUT2D eigenvalue weighted by atomic mass is 16.2. The Morgan fingerprint density at radius 1 is 1.33 bits per heavy atom. The number of likely N-dealkylation sites (tertiary alicyclic amines) is 1. The maximum Gasteiger partial charge on any atom is 0.325 e. The number of nitrogens with zero attached hydrogens (tertiary/aromatic N) is 1. The molecular formula is C18H28N4O2. The summed E-state index contributed by atoms with van der Waals surface area (Å²) in [5, 5.41) is 5.11. The zero-order valence-corrected chi connectivity index (χ0v) is 15.0. The van der Waals surface area contributed by atoms with E-state index in [9.17, 15) is 9.59 Å². The number of carbonyl (C=O) groups excluding carboxylic acids is 2. The van der Waals surface area contributed by atoms with E-state index in [1.165, 1.54) is 0 Å². The number of nitrogens with one attached hydrogen (secondary N) is 2. The molecule has 1 aliphatic heterocycles. The highest BCUT2D eigenvalue weighted by Crippen LogP contribution is 2.27. The Labute approximate surface area is 143 Å². The Balaban J connectivity index is 1.85. The minimum Gasteiger partial charge on any atom is -0.327 e. The third-order valence-electron chi connectivity index (χ3n) is 4.64. The van der Waals surface area contributed by atoms with Gasteiger partial charge < -0.3 is 11.1 Å². The van der Waals surface area contributed by atoms with E-state index in [4.69, 9.17) is 5.73 Å². The maximum atomic E-state index is 12.1. The molecule has 1 aromatic carbocycles. The molecule has 6 heteroatoms. The van der Waals surface area contributed by atoms with Crippen LogP contribution in [-0.4, -0.2) is 42.5 Å². The number of urea groups is 1. The van der Waals surface area contributed by atoms with Crippen LogP contribution in [0, 0.1) is 19.3 Å². The van der Waals surface area contributed by atoms with Crippen LogP contribution in [0.5, 0.6) is 0 Å². The van der Waals surface area contributed by atoms with Crippen LogP contribution < -0.4 is 16.4 Å². The van der Waals surface area contributed by atoms with Crippen LogP contribution in [-0.2, 0) is 4.79 Å². The molecule has 0 radical (unpaired) electrons. The number of anilines is 1. The van der Waals surface area contributed by atoms with Gasteiger partial charge in [0.2, 0.25) is 5.91 Å². The van der Waals surface area contributed by atoms with Crippen LogP contribution in [0.3, 0.4) is 0 Å². The van der Waals surface area contributed by atoms with Gasteiger partial charge in [-0.15, -0.1) is 0 Å². The van der Waals surface area contributed by atoms with Gasteiger partial charge in [0.25, 0.3) is 0 Å². The average Bonchev–Trinajstić information content (AvgIpc) is 2.45. The fraction of sp³-hybridized carbons (Fsp3) is 0.556. The van der Waals surface area contributed by atoms with E-state index in [1.807, 2.05) is 36.9 Å². The van der Waals surface area contributed by atoms with Crippen molar-refractivity contribution in [2.24, 2.45) is 11.1 Å². The van der Waals surface area contributed by atoms with E-state index in [2.05, 4.69) is 24.5 Å². The number of imide groups is 1. The molecule has 0 spiro atoms. The molecule has 132 valence electrons. The first-order chi connectivity index (χ1) is 11.2. The normalized spacial score (nSPS) is 20.5. The quantitative estimate of drug-likeness (QED) is 0.790. The van der Waals surface area contributed by atoms with Gasteiger partial charge in [-0.2, -0.15) is 0 Å². The van der Waals surface area contributed by atoms with Crippen LogP contribution in [0.15, 0.2) is 18.2 Å². The molecule has 6 nitrogen and oxygen atoms in total. The van der Waals surface area contributed by atoms with Crippen LogP contribution in [0.1, 0.15) is 31.4 Å². The second kappa shape index (κ2) is 7.32. The predicted molar refractivity (Wildman–Crippen MR) is 95.9 cm³/mol. The molecular weight excluding hydrogens is 304 g/mol. The van der Waals surface area contributed by atoms with Gasteiger partial charge in [-0.05, 0) is 37.3 Å². The summed E-state index contributed by atoms with van der Waals surface area (Å²) in [4.78, 5) is 26.1. The number of piperidine rings is 1. The second-order valence-electron chi connectivity index (χ2n) is 7.42. The van der Waals surface area contributed by atoms with Crippen molar-refractivity contribution in [2.45, 2.75) is 40.2 Å². The van der Waals surface area contributed by atoms with Gasteiger partial charge in [0.1, 0.15) is 0 Å². The third-order valence-corrected chi connectivity index (χ3v) is 4.64. The van der Waals surface area contributed by atoms with Crippen LogP contribution in [0.4, 0.5) is 10.5 Å². The Bertz CT molecular complexity index is 627. The minimum absolute atomic E-state index is 0.0280. The summed E-state index contributed by atoms with van der Waals surface area (Å²) in [6.07, 6.45) is 0.856. The fourth-order valence-corrected chi connectivity index (χ4v) is 3.10. The first-order valence-corrected chi connectivity index (χ1v) is 8.33. The van der Waals surface area contributed by atoms with Gasteiger partial charge in [0.15, 0.2) is 0 Å². The van der Waals surface area contributed by atoms with Crippen molar-refractivity contribution in [3.8, 4) is 0 Å². The van der Waals surface area contributed by atoms with Crippen molar-refractivity contribution in [3.05, 3.63) is 29.3 Å². The van der Waals surface area contributed by atoms with E-state index >= 15 is 0 Å². The number of aryl methyl sites for hydroxylation is 2. The number of hydrogen-bond donors (Lipinski definition) is 3. The molecule has 1 saturated heterocycles. The Kier molecular flexibility index (Phi) is 5.62. The number of carbonyl (C=O) groups is 2. The van der Waals surface area contributed by atoms with Crippen molar-refractivity contribution in [3.63, 3.8) is 0 Å². The van der Waals surface area contributed by atoms with Gasteiger partial charge in [-0.3, -0.25) is 15.0 Å². The zero-order valence-electron chi connectivity index (χ0n) is 15.0. The summed E-state index contributed by atoms with van der Waals surface area (Å²) in [7, 11) is 0. The number of amides is 3. The second-order valence-corrected chi connectivity index (χ2v) is 7.42. The Morgan fingerprint density at radius 2 is 2.04 bits per heavy atom. The van der Waals surface area contributed by atoms with Crippen LogP contribution in [0.25, 0.3) is 0 Å². The molecule has 0 bridgehead atoms. The molecule has 0 aromatic heterocycles. The molecule has 1 aromatic rings. The summed E-state index contributed by atoms with van der Waals surface area (Å²) in [5.41, 5.74) is 8.87. The first-order valence-electron chi connectivity index (χ1n) is 8.33.